The van der Waals surface area contributed by atoms with Gasteiger partial charge in [-0.1, -0.05) is 62.2 Å². The molecule has 0 spiro atoms. The molecule has 2 aromatic rings. The summed E-state index contributed by atoms with van der Waals surface area (Å²) in [5.41, 5.74) is 3.69. The fourth-order valence-corrected chi connectivity index (χ4v) is 3.28. The predicted octanol–water partition coefficient (Wildman–Crippen LogP) is 6.01. The standard InChI is InChI=1S/C22H22F2O2/c1-2-3-4-5-15-6-12-20-17(14-15)9-13-19(21(20)25)16-7-10-18(11-8-16)26-22(23)24/h6-14,19,22H,2-5H2,1H3. The Morgan fingerprint density at radius 3 is 2.54 bits per heavy atom. The van der Waals surface area contributed by atoms with Gasteiger partial charge in [0.2, 0.25) is 0 Å². The summed E-state index contributed by atoms with van der Waals surface area (Å²) in [6, 6.07) is 12.3. The number of hydrogen-bond acceptors (Lipinski definition) is 2. The van der Waals surface area contributed by atoms with Crippen molar-refractivity contribution >= 4 is 11.9 Å². The molecule has 26 heavy (non-hydrogen) atoms. The van der Waals surface area contributed by atoms with E-state index in [9.17, 15) is 13.6 Å². The molecule has 3 rings (SSSR count). The van der Waals surface area contributed by atoms with Crippen LogP contribution in [0.3, 0.4) is 0 Å². The van der Waals surface area contributed by atoms with Crippen LogP contribution >= 0.6 is 0 Å². The molecule has 0 saturated heterocycles. The lowest BCUT2D eigenvalue weighted by atomic mass is 9.83. The smallest absolute Gasteiger partial charge is 0.387 e. The quantitative estimate of drug-likeness (QED) is 0.568. The normalized spacial score (nSPS) is 16.0. The van der Waals surface area contributed by atoms with Crippen molar-refractivity contribution in [2.24, 2.45) is 0 Å². The van der Waals surface area contributed by atoms with Crippen molar-refractivity contribution in [2.75, 3.05) is 0 Å². The van der Waals surface area contributed by atoms with Crippen LogP contribution in [0.15, 0.2) is 48.5 Å². The SMILES string of the molecule is CCCCCc1ccc2c(c1)C=CC(c1ccc(OC(F)F)cc1)C2=O. The molecule has 1 aliphatic carbocycles. The molecule has 0 fully saturated rings. The number of Topliss-reactive ketones (excluding diaryl/α,β-unsaturated/α-hetero) is 1. The monoisotopic (exact) mass is 356 g/mol. The van der Waals surface area contributed by atoms with Gasteiger partial charge in [-0.05, 0) is 41.7 Å². The van der Waals surface area contributed by atoms with Crippen LogP contribution in [0.1, 0.15) is 59.2 Å². The summed E-state index contributed by atoms with van der Waals surface area (Å²) in [5, 5.41) is 0. The summed E-state index contributed by atoms with van der Waals surface area (Å²) >= 11 is 0. The molecule has 2 nitrogen and oxygen atoms in total. The van der Waals surface area contributed by atoms with Crippen LogP contribution in [0.25, 0.3) is 6.08 Å². The zero-order chi connectivity index (χ0) is 18.5. The molecule has 4 heteroatoms. The Morgan fingerprint density at radius 1 is 1.08 bits per heavy atom. The summed E-state index contributed by atoms with van der Waals surface area (Å²) in [7, 11) is 0. The van der Waals surface area contributed by atoms with Gasteiger partial charge in [-0.2, -0.15) is 8.78 Å². The third-order valence-electron chi connectivity index (χ3n) is 4.67. The first-order chi connectivity index (χ1) is 12.6. The maximum atomic E-state index is 12.8. The molecule has 0 heterocycles. The second-order valence-corrected chi connectivity index (χ2v) is 6.53. The van der Waals surface area contributed by atoms with E-state index in [4.69, 9.17) is 0 Å². The van der Waals surface area contributed by atoms with Crippen LogP contribution in [-0.4, -0.2) is 12.4 Å². The van der Waals surface area contributed by atoms with Crippen molar-refractivity contribution in [1.29, 1.82) is 0 Å². The van der Waals surface area contributed by atoms with Gasteiger partial charge in [0, 0.05) is 5.56 Å². The first kappa shape index (κ1) is 18.3. The Hall–Kier alpha value is -2.49. The van der Waals surface area contributed by atoms with Crippen LogP contribution in [0.4, 0.5) is 8.78 Å². The highest BCUT2D eigenvalue weighted by atomic mass is 19.3. The highest BCUT2D eigenvalue weighted by Crippen LogP contribution is 2.32. The Morgan fingerprint density at radius 2 is 1.85 bits per heavy atom. The number of unbranched alkanes of at least 4 members (excludes halogenated alkanes) is 2. The minimum atomic E-state index is -2.85. The molecule has 0 amide bonds. The zero-order valence-corrected chi connectivity index (χ0v) is 14.8. The number of allylic oxidation sites excluding steroid dienone is 1. The average Bonchev–Trinajstić information content (AvgIpc) is 2.63. The lowest BCUT2D eigenvalue weighted by molar-refractivity contribution is -0.0498. The van der Waals surface area contributed by atoms with E-state index in [1.807, 2.05) is 24.3 Å². The van der Waals surface area contributed by atoms with E-state index in [1.54, 1.807) is 12.1 Å². The Kier molecular flexibility index (Phi) is 5.82. The van der Waals surface area contributed by atoms with Crippen LogP contribution in [0.5, 0.6) is 5.75 Å². The maximum absolute atomic E-state index is 12.8. The number of carbonyl (C=O) groups excluding carboxylic acids is 1. The largest absolute Gasteiger partial charge is 0.435 e. The lowest BCUT2D eigenvalue weighted by Crippen LogP contribution is -2.15. The van der Waals surface area contributed by atoms with Gasteiger partial charge in [0.1, 0.15) is 5.75 Å². The molecule has 0 aliphatic heterocycles. The number of ketones is 1. The first-order valence-electron chi connectivity index (χ1n) is 8.98. The number of hydrogen-bond donors (Lipinski definition) is 0. The summed E-state index contributed by atoms with van der Waals surface area (Å²) in [5.74, 6) is -0.271. The summed E-state index contributed by atoms with van der Waals surface area (Å²) in [6.45, 7) is -0.670. The summed E-state index contributed by atoms with van der Waals surface area (Å²) < 4.78 is 28.8. The molecular formula is C22H22F2O2. The van der Waals surface area contributed by atoms with Gasteiger partial charge < -0.3 is 4.74 Å². The Labute approximate surface area is 152 Å². The van der Waals surface area contributed by atoms with E-state index >= 15 is 0 Å². The van der Waals surface area contributed by atoms with Crippen LogP contribution in [-0.2, 0) is 6.42 Å². The Bertz CT molecular complexity index is 794. The van der Waals surface area contributed by atoms with Crippen LogP contribution in [0.2, 0.25) is 0 Å². The second-order valence-electron chi connectivity index (χ2n) is 6.53. The highest BCUT2D eigenvalue weighted by molar-refractivity contribution is 6.07. The molecule has 0 bridgehead atoms. The van der Waals surface area contributed by atoms with Gasteiger partial charge in [-0.25, -0.2) is 0 Å². The van der Waals surface area contributed by atoms with E-state index in [0.29, 0.717) is 5.56 Å². The second kappa shape index (κ2) is 8.26. The van der Waals surface area contributed by atoms with Gasteiger partial charge in [0.05, 0.1) is 5.92 Å². The number of benzene rings is 2. The van der Waals surface area contributed by atoms with E-state index in [0.717, 1.165) is 24.0 Å². The topological polar surface area (TPSA) is 26.3 Å². The molecule has 136 valence electrons. The van der Waals surface area contributed by atoms with Crippen molar-refractivity contribution in [2.45, 2.75) is 45.1 Å². The zero-order valence-electron chi connectivity index (χ0n) is 14.8. The third kappa shape index (κ3) is 4.18. The van der Waals surface area contributed by atoms with Gasteiger partial charge in [0.15, 0.2) is 5.78 Å². The van der Waals surface area contributed by atoms with E-state index in [1.165, 1.54) is 30.5 Å². The van der Waals surface area contributed by atoms with Crippen molar-refractivity contribution in [3.8, 4) is 5.75 Å². The molecule has 0 radical (unpaired) electrons. The lowest BCUT2D eigenvalue weighted by Gasteiger charge is -2.19. The average molecular weight is 356 g/mol. The fourth-order valence-electron chi connectivity index (χ4n) is 3.28. The molecule has 2 aromatic carbocycles. The number of halogens is 2. The number of alkyl halides is 2. The van der Waals surface area contributed by atoms with Crippen LogP contribution in [0, 0.1) is 0 Å². The molecular weight excluding hydrogens is 334 g/mol. The molecule has 1 aliphatic rings. The highest BCUT2D eigenvalue weighted by Gasteiger charge is 2.25. The van der Waals surface area contributed by atoms with Crippen LogP contribution < -0.4 is 4.74 Å². The minimum Gasteiger partial charge on any atom is -0.435 e. The van der Waals surface area contributed by atoms with Gasteiger partial charge in [0.25, 0.3) is 0 Å². The minimum absolute atomic E-state index is 0.0325. The third-order valence-corrected chi connectivity index (χ3v) is 4.67. The number of fused-ring (bicyclic) bond motifs is 1. The Balaban J connectivity index is 1.76. The van der Waals surface area contributed by atoms with E-state index in [2.05, 4.69) is 17.7 Å². The number of carbonyl (C=O) groups is 1. The van der Waals surface area contributed by atoms with Crippen molar-refractivity contribution in [3.05, 3.63) is 70.8 Å². The van der Waals surface area contributed by atoms with E-state index < -0.39 is 12.5 Å². The van der Waals surface area contributed by atoms with Crippen molar-refractivity contribution in [3.63, 3.8) is 0 Å². The molecule has 1 atom stereocenters. The first-order valence-corrected chi connectivity index (χ1v) is 8.98. The van der Waals surface area contributed by atoms with E-state index in [-0.39, 0.29) is 11.5 Å². The number of aryl methyl sites for hydroxylation is 1. The molecule has 0 N–H and O–H groups in total. The van der Waals surface area contributed by atoms with Crippen molar-refractivity contribution in [1.82, 2.24) is 0 Å². The number of ether oxygens (including phenoxy) is 1. The van der Waals surface area contributed by atoms with Gasteiger partial charge in [-0.3, -0.25) is 4.79 Å². The molecule has 0 saturated carbocycles. The summed E-state index contributed by atoms with van der Waals surface area (Å²) in [4.78, 5) is 12.8. The molecule has 0 aromatic heterocycles. The maximum Gasteiger partial charge on any atom is 0.387 e. The number of rotatable bonds is 7. The van der Waals surface area contributed by atoms with Gasteiger partial charge in [-0.15, -0.1) is 0 Å². The molecule has 1 unspecified atom stereocenters. The summed E-state index contributed by atoms with van der Waals surface area (Å²) in [6.07, 6.45) is 8.43. The fraction of sp³-hybridized carbons (Fsp3) is 0.318. The predicted molar refractivity (Wildman–Crippen MR) is 98.9 cm³/mol. The van der Waals surface area contributed by atoms with Gasteiger partial charge >= 0.3 is 6.61 Å². The van der Waals surface area contributed by atoms with Crippen molar-refractivity contribution < 1.29 is 18.3 Å².